The number of fused-ring (bicyclic) bond motifs is 1. The maximum Gasteiger partial charge on any atom is 0.337 e. The molecule has 35 heavy (non-hydrogen) atoms. The normalized spacial score (nSPS) is 11.1. The van der Waals surface area contributed by atoms with Crippen LogP contribution >= 0.6 is 11.6 Å². The summed E-state index contributed by atoms with van der Waals surface area (Å²) in [5, 5.41) is 12.7. The third kappa shape index (κ3) is 5.70. The Morgan fingerprint density at radius 2 is 1.83 bits per heavy atom. The molecule has 4 rings (SSSR count). The highest BCUT2D eigenvalue weighted by Crippen LogP contribution is 2.31. The second-order valence-electron chi connectivity index (χ2n) is 7.81. The van der Waals surface area contributed by atoms with Crippen LogP contribution in [0, 0.1) is 10.1 Å². The van der Waals surface area contributed by atoms with E-state index in [0.717, 1.165) is 33.9 Å². The molecule has 0 unspecified atom stereocenters. The van der Waals surface area contributed by atoms with Gasteiger partial charge in [0, 0.05) is 35.0 Å². The van der Waals surface area contributed by atoms with E-state index < -0.39 is 10.9 Å². The Bertz CT molecular complexity index is 1380. The molecular formula is C27H23ClN2O5. The molecule has 0 saturated heterocycles. The van der Waals surface area contributed by atoms with Crippen molar-refractivity contribution in [1.29, 1.82) is 0 Å². The molecule has 0 atom stereocenters. The van der Waals surface area contributed by atoms with Gasteiger partial charge in [0.05, 0.1) is 29.9 Å². The molecule has 1 aromatic heterocycles. The number of rotatable bonds is 9. The van der Waals surface area contributed by atoms with Gasteiger partial charge in [-0.25, -0.2) is 4.79 Å². The molecule has 7 nitrogen and oxygen atoms in total. The molecule has 0 fully saturated rings. The van der Waals surface area contributed by atoms with Crippen LogP contribution in [0.1, 0.15) is 27.2 Å². The number of nitro groups is 1. The highest BCUT2D eigenvalue weighted by atomic mass is 35.5. The fraction of sp³-hybridized carbons (Fsp3) is 0.148. The fourth-order valence-electron chi connectivity index (χ4n) is 4.01. The molecular weight excluding hydrogens is 468 g/mol. The summed E-state index contributed by atoms with van der Waals surface area (Å²) < 4.78 is 12.7. The summed E-state index contributed by atoms with van der Waals surface area (Å²) >= 11 is 6.32. The molecule has 0 aliphatic heterocycles. The van der Waals surface area contributed by atoms with E-state index >= 15 is 0 Å². The maximum absolute atomic E-state index is 11.6. The summed E-state index contributed by atoms with van der Waals surface area (Å²) in [5.74, 6) is 0.188. The van der Waals surface area contributed by atoms with Crippen LogP contribution in [-0.4, -0.2) is 29.2 Å². The first kappa shape index (κ1) is 24.0. The van der Waals surface area contributed by atoms with Crippen molar-refractivity contribution in [3.8, 4) is 5.75 Å². The SMILES string of the molecule is COC(=O)c1ccc(OCCc2c(/C=C/[N+](=O)[O-])n(Cc3ccccc3)c3ccc(Cl)cc23)cc1. The van der Waals surface area contributed by atoms with Crippen molar-refractivity contribution in [2.24, 2.45) is 0 Å². The quantitative estimate of drug-likeness (QED) is 0.163. The topological polar surface area (TPSA) is 83.6 Å². The molecule has 3 aromatic carbocycles. The van der Waals surface area contributed by atoms with Gasteiger partial charge in [-0.15, -0.1) is 0 Å². The Balaban J connectivity index is 1.67. The van der Waals surface area contributed by atoms with Gasteiger partial charge in [-0.1, -0.05) is 41.9 Å². The van der Waals surface area contributed by atoms with Crippen LogP contribution in [0.15, 0.2) is 79.0 Å². The standard InChI is InChI=1S/C27H23ClN2O5/c1-34-27(31)20-7-10-22(11-8-20)35-16-14-23-24-17-21(28)9-12-25(24)29(26(23)13-15-30(32)33)18-19-5-3-2-4-6-19/h2-13,15,17H,14,16,18H2,1H3/b15-13+. The lowest BCUT2D eigenvalue weighted by atomic mass is 10.1. The number of ether oxygens (including phenoxy) is 2. The van der Waals surface area contributed by atoms with Crippen LogP contribution in [-0.2, 0) is 17.7 Å². The van der Waals surface area contributed by atoms with Crippen molar-refractivity contribution in [2.75, 3.05) is 13.7 Å². The highest BCUT2D eigenvalue weighted by molar-refractivity contribution is 6.31. The van der Waals surface area contributed by atoms with Crippen LogP contribution in [0.2, 0.25) is 5.02 Å². The lowest BCUT2D eigenvalue weighted by Crippen LogP contribution is -2.06. The first-order valence-corrected chi connectivity index (χ1v) is 11.3. The minimum absolute atomic E-state index is 0.327. The molecule has 0 amide bonds. The van der Waals surface area contributed by atoms with E-state index in [2.05, 4.69) is 4.57 Å². The van der Waals surface area contributed by atoms with Crippen LogP contribution in [0.25, 0.3) is 17.0 Å². The monoisotopic (exact) mass is 490 g/mol. The molecule has 1 heterocycles. The van der Waals surface area contributed by atoms with Crippen molar-refractivity contribution >= 4 is 34.5 Å². The highest BCUT2D eigenvalue weighted by Gasteiger charge is 2.17. The van der Waals surface area contributed by atoms with E-state index in [0.29, 0.717) is 35.9 Å². The maximum atomic E-state index is 11.6. The van der Waals surface area contributed by atoms with Gasteiger partial charge in [-0.05, 0) is 53.6 Å². The number of esters is 1. The summed E-state index contributed by atoms with van der Waals surface area (Å²) in [4.78, 5) is 22.3. The summed E-state index contributed by atoms with van der Waals surface area (Å²) in [6.07, 6.45) is 2.97. The number of nitrogens with zero attached hydrogens (tertiary/aromatic N) is 2. The molecule has 0 aliphatic carbocycles. The van der Waals surface area contributed by atoms with E-state index in [1.54, 1.807) is 24.3 Å². The first-order chi connectivity index (χ1) is 17.0. The lowest BCUT2D eigenvalue weighted by Gasteiger charge is -2.10. The van der Waals surface area contributed by atoms with Gasteiger partial charge in [0.2, 0.25) is 6.20 Å². The van der Waals surface area contributed by atoms with Crippen LogP contribution in [0.4, 0.5) is 0 Å². The number of carbonyl (C=O) groups excluding carboxylic acids is 1. The number of aromatic nitrogens is 1. The number of halogens is 1. The van der Waals surface area contributed by atoms with Crippen LogP contribution in [0.5, 0.6) is 5.75 Å². The van der Waals surface area contributed by atoms with Crippen molar-refractivity contribution in [3.05, 3.63) is 117 Å². The fourth-order valence-corrected chi connectivity index (χ4v) is 4.19. The van der Waals surface area contributed by atoms with Crippen LogP contribution < -0.4 is 4.74 Å². The Hall–Kier alpha value is -4.10. The second-order valence-corrected chi connectivity index (χ2v) is 8.25. The van der Waals surface area contributed by atoms with Gasteiger partial charge in [0.25, 0.3) is 0 Å². The molecule has 4 aromatic rings. The Morgan fingerprint density at radius 3 is 2.51 bits per heavy atom. The predicted molar refractivity (Wildman–Crippen MR) is 136 cm³/mol. The summed E-state index contributed by atoms with van der Waals surface area (Å²) in [6, 6.07) is 22.2. The zero-order valence-electron chi connectivity index (χ0n) is 19.0. The molecule has 178 valence electrons. The lowest BCUT2D eigenvalue weighted by molar-refractivity contribution is -0.401. The first-order valence-electron chi connectivity index (χ1n) is 10.9. The third-order valence-electron chi connectivity index (χ3n) is 5.61. The molecule has 8 heteroatoms. The zero-order valence-corrected chi connectivity index (χ0v) is 19.8. The Labute approximate surface area is 207 Å². The molecule has 0 saturated carbocycles. The summed E-state index contributed by atoms with van der Waals surface area (Å²) in [7, 11) is 1.33. The van der Waals surface area contributed by atoms with Crippen molar-refractivity contribution in [1.82, 2.24) is 4.57 Å². The minimum atomic E-state index is -0.472. The molecule has 0 N–H and O–H groups in total. The van der Waals surface area contributed by atoms with E-state index in [9.17, 15) is 14.9 Å². The zero-order chi connectivity index (χ0) is 24.8. The third-order valence-corrected chi connectivity index (χ3v) is 5.84. The van der Waals surface area contributed by atoms with Gasteiger partial charge in [-0.3, -0.25) is 10.1 Å². The summed E-state index contributed by atoms with van der Waals surface area (Å²) in [5.41, 5.74) is 4.07. The Morgan fingerprint density at radius 1 is 1.09 bits per heavy atom. The van der Waals surface area contributed by atoms with E-state index in [1.807, 2.05) is 48.5 Å². The number of hydrogen-bond acceptors (Lipinski definition) is 5. The van der Waals surface area contributed by atoms with Crippen LogP contribution in [0.3, 0.4) is 0 Å². The number of benzene rings is 3. The van der Waals surface area contributed by atoms with Gasteiger partial charge in [0.15, 0.2) is 0 Å². The molecule has 0 spiro atoms. The van der Waals surface area contributed by atoms with Gasteiger partial charge >= 0.3 is 5.97 Å². The second kappa shape index (κ2) is 10.9. The number of carbonyl (C=O) groups is 1. The van der Waals surface area contributed by atoms with Crippen molar-refractivity contribution < 1.29 is 19.2 Å². The minimum Gasteiger partial charge on any atom is -0.493 e. The molecule has 0 aliphatic rings. The predicted octanol–water partition coefficient (Wildman–Crippen LogP) is 6.00. The van der Waals surface area contributed by atoms with Gasteiger partial charge < -0.3 is 14.0 Å². The average molecular weight is 491 g/mol. The molecule has 0 radical (unpaired) electrons. The van der Waals surface area contributed by atoms with Gasteiger partial charge in [-0.2, -0.15) is 0 Å². The van der Waals surface area contributed by atoms with Crippen molar-refractivity contribution in [2.45, 2.75) is 13.0 Å². The average Bonchev–Trinajstić information content (AvgIpc) is 3.14. The van der Waals surface area contributed by atoms with E-state index in [1.165, 1.54) is 13.2 Å². The van der Waals surface area contributed by atoms with Gasteiger partial charge in [0.1, 0.15) is 5.75 Å². The molecule has 0 bridgehead atoms. The number of methoxy groups -OCH3 is 1. The van der Waals surface area contributed by atoms with Crippen molar-refractivity contribution in [3.63, 3.8) is 0 Å². The largest absolute Gasteiger partial charge is 0.493 e. The number of hydrogen-bond donors (Lipinski definition) is 0. The van der Waals surface area contributed by atoms with E-state index in [4.69, 9.17) is 21.1 Å². The summed E-state index contributed by atoms with van der Waals surface area (Å²) in [6.45, 7) is 0.875. The smallest absolute Gasteiger partial charge is 0.337 e. The Kier molecular flexibility index (Phi) is 7.48. The van der Waals surface area contributed by atoms with E-state index in [-0.39, 0.29) is 0 Å².